The van der Waals surface area contributed by atoms with E-state index in [1.54, 1.807) is 11.3 Å². The Labute approximate surface area is 111 Å². The number of amides is 1. The number of anilines is 1. The van der Waals surface area contributed by atoms with Crippen LogP contribution in [0.3, 0.4) is 0 Å². The molecule has 0 saturated carbocycles. The van der Waals surface area contributed by atoms with E-state index >= 15 is 0 Å². The van der Waals surface area contributed by atoms with Crippen LogP contribution in [0.15, 0.2) is 24.3 Å². The molecule has 18 heavy (non-hydrogen) atoms. The highest BCUT2D eigenvalue weighted by atomic mass is 32.1. The van der Waals surface area contributed by atoms with Crippen molar-refractivity contribution >= 4 is 22.9 Å². The lowest BCUT2D eigenvalue weighted by atomic mass is 10.1. The molecule has 0 radical (unpaired) electrons. The highest BCUT2D eigenvalue weighted by Gasteiger charge is 2.12. The third kappa shape index (κ3) is 2.76. The summed E-state index contributed by atoms with van der Waals surface area (Å²) in [5, 5.41) is 3.31. The fourth-order valence-corrected chi connectivity index (χ4v) is 2.84. The van der Waals surface area contributed by atoms with Crippen molar-refractivity contribution in [3.63, 3.8) is 0 Å². The summed E-state index contributed by atoms with van der Waals surface area (Å²) < 4.78 is 0. The molecule has 1 N–H and O–H groups in total. The summed E-state index contributed by atoms with van der Waals surface area (Å²) in [5.41, 5.74) is 3.34. The van der Waals surface area contributed by atoms with Gasteiger partial charge in [-0.3, -0.25) is 4.79 Å². The van der Waals surface area contributed by atoms with Crippen molar-refractivity contribution in [2.75, 3.05) is 5.32 Å². The summed E-state index contributed by atoms with van der Waals surface area (Å²) in [5.74, 6) is 0. The van der Waals surface area contributed by atoms with Gasteiger partial charge in [0.05, 0.1) is 5.69 Å². The average Bonchev–Trinajstić information content (AvgIpc) is 2.74. The number of aromatic nitrogens is 1. The van der Waals surface area contributed by atoms with Gasteiger partial charge in [-0.2, -0.15) is 0 Å². The summed E-state index contributed by atoms with van der Waals surface area (Å²) in [4.78, 5) is 16.2. The highest BCUT2D eigenvalue weighted by Crippen LogP contribution is 2.32. The van der Waals surface area contributed by atoms with E-state index in [1.807, 2.05) is 0 Å². The van der Waals surface area contributed by atoms with Crippen LogP contribution in [0.4, 0.5) is 5.13 Å². The lowest BCUT2D eigenvalue weighted by Gasteiger charge is -2.01. The van der Waals surface area contributed by atoms with Gasteiger partial charge in [-0.25, -0.2) is 4.98 Å². The summed E-state index contributed by atoms with van der Waals surface area (Å²) in [6.07, 6.45) is 2.73. The smallest absolute Gasteiger partial charge is 0.213 e. The highest BCUT2D eigenvalue weighted by molar-refractivity contribution is 7.16. The van der Waals surface area contributed by atoms with E-state index in [-0.39, 0.29) is 0 Å². The third-order valence-electron chi connectivity index (χ3n) is 2.68. The van der Waals surface area contributed by atoms with Crippen LogP contribution in [0.5, 0.6) is 0 Å². The summed E-state index contributed by atoms with van der Waals surface area (Å²) in [6, 6.07) is 8.32. The molecule has 0 fully saturated rings. The van der Waals surface area contributed by atoms with Crippen molar-refractivity contribution in [3.8, 4) is 11.3 Å². The maximum atomic E-state index is 10.5. The first-order chi connectivity index (χ1) is 8.74. The van der Waals surface area contributed by atoms with E-state index in [0.717, 1.165) is 24.1 Å². The molecule has 0 spiro atoms. The van der Waals surface area contributed by atoms with E-state index < -0.39 is 0 Å². The number of aryl methyl sites for hydroxylation is 2. The maximum Gasteiger partial charge on any atom is 0.213 e. The summed E-state index contributed by atoms with van der Waals surface area (Å²) >= 11 is 1.55. The number of nitrogens with zero attached hydrogens (tertiary/aromatic N) is 1. The van der Waals surface area contributed by atoms with E-state index in [9.17, 15) is 4.79 Å². The molecular formula is C14H16N2OS. The minimum Gasteiger partial charge on any atom is -0.305 e. The molecule has 0 bridgehead atoms. The number of hydrogen-bond acceptors (Lipinski definition) is 3. The summed E-state index contributed by atoms with van der Waals surface area (Å²) in [6.45, 7) is 4.21. The number of thiazole rings is 1. The van der Waals surface area contributed by atoms with Crippen molar-refractivity contribution in [3.05, 3.63) is 34.7 Å². The SMILES string of the molecule is CCCc1sc(NC=O)nc1-c1ccc(C)cc1. The van der Waals surface area contributed by atoms with Crippen molar-refractivity contribution in [1.82, 2.24) is 4.98 Å². The van der Waals surface area contributed by atoms with Gasteiger partial charge in [0.2, 0.25) is 6.41 Å². The minimum atomic E-state index is 0.670. The maximum absolute atomic E-state index is 10.5. The zero-order valence-electron chi connectivity index (χ0n) is 10.6. The zero-order valence-corrected chi connectivity index (χ0v) is 11.4. The normalized spacial score (nSPS) is 10.3. The molecule has 0 aliphatic rings. The predicted molar refractivity (Wildman–Crippen MR) is 76.0 cm³/mol. The van der Waals surface area contributed by atoms with E-state index in [4.69, 9.17) is 0 Å². The number of nitrogens with one attached hydrogen (secondary N) is 1. The Balaban J connectivity index is 2.40. The topological polar surface area (TPSA) is 42.0 Å². The van der Waals surface area contributed by atoms with Gasteiger partial charge < -0.3 is 5.32 Å². The van der Waals surface area contributed by atoms with Crippen LogP contribution < -0.4 is 5.32 Å². The zero-order chi connectivity index (χ0) is 13.0. The largest absolute Gasteiger partial charge is 0.305 e. The molecule has 94 valence electrons. The van der Waals surface area contributed by atoms with Crippen molar-refractivity contribution in [2.24, 2.45) is 0 Å². The van der Waals surface area contributed by atoms with Crippen molar-refractivity contribution < 1.29 is 4.79 Å². The fraction of sp³-hybridized carbons (Fsp3) is 0.286. The van der Waals surface area contributed by atoms with Crippen LogP contribution in [0.2, 0.25) is 0 Å². The second kappa shape index (κ2) is 5.78. The van der Waals surface area contributed by atoms with Gasteiger partial charge in [0, 0.05) is 10.4 Å². The standard InChI is InChI=1S/C14H16N2OS/c1-3-4-12-13(16-14(18-12)15-9-17)11-7-5-10(2)6-8-11/h5-9H,3-4H2,1-2H3,(H,15,16,17). The Kier molecular flexibility index (Phi) is 4.10. The molecule has 2 aromatic rings. The Morgan fingerprint density at radius 3 is 2.67 bits per heavy atom. The van der Waals surface area contributed by atoms with Crippen LogP contribution in [-0.4, -0.2) is 11.4 Å². The van der Waals surface area contributed by atoms with E-state index in [1.165, 1.54) is 10.4 Å². The molecule has 2 rings (SSSR count). The minimum absolute atomic E-state index is 0.670. The number of benzene rings is 1. The Morgan fingerprint density at radius 2 is 2.06 bits per heavy atom. The molecule has 1 amide bonds. The van der Waals surface area contributed by atoms with Crippen LogP contribution >= 0.6 is 11.3 Å². The van der Waals surface area contributed by atoms with Crippen LogP contribution in [0.25, 0.3) is 11.3 Å². The molecule has 1 aromatic heterocycles. The van der Waals surface area contributed by atoms with Gasteiger partial charge in [-0.1, -0.05) is 43.2 Å². The molecule has 1 heterocycles. The molecular weight excluding hydrogens is 244 g/mol. The third-order valence-corrected chi connectivity index (χ3v) is 3.73. The van der Waals surface area contributed by atoms with Crippen LogP contribution in [0.1, 0.15) is 23.8 Å². The lowest BCUT2D eigenvalue weighted by Crippen LogP contribution is -1.92. The Hall–Kier alpha value is -1.68. The van der Waals surface area contributed by atoms with Gasteiger partial charge in [-0.05, 0) is 13.3 Å². The molecule has 0 saturated heterocycles. The second-order valence-corrected chi connectivity index (χ2v) is 5.25. The number of carbonyl (C=O) groups excluding carboxylic acids is 1. The molecule has 0 aliphatic heterocycles. The molecule has 3 nitrogen and oxygen atoms in total. The first-order valence-corrected chi connectivity index (χ1v) is 6.83. The van der Waals surface area contributed by atoms with E-state index in [2.05, 4.69) is 48.4 Å². The Bertz CT molecular complexity index is 531. The van der Waals surface area contributed by atoms with Crippen molar-refractivity contribution in [1.29, 1.82) is 0 Å². The average molecular weight is 260 g/mol. The van der Waals surface area contributed by atoms with Crippen molar-refractivity contribution in [2.45, 2.75) is 26.7 Å². The quantitative estimate of drug-likeness (QED) is 0.834. The van der Waals surface area contributed by atoms with Gasteiger partial charge >= 0.3 is 0 Å². The van der Waals surface area contributed by atoms with Gasteiger partial charge in [-0.15, -0.1) is 11.3 Å². The Morgan fingerprint density at radius 1 is 1.33 bits per heavy atom. The first kappa shape index (κ1) is 12.8. The second-order valence-electron chi connectivity index (χ2n) is 4.17. The van der Waals surface area contributed by atoms with Crippen LogP contribution in [-0.2, 0) is 11.2 Å². The molecule has 1 aromatic carbocycles. The number of rotatable bonds is 5. The van der Waals surface area contributed by atoms with Gasteiger partial charge in [0.25, 0.3) is 0 Å². The fourth-order valence-electron chi connectivity index (χ4n) is 1.80. The monoisotopic (exact) mass is 260 g/mol. The van der Waals surface area contributed by atoms with Gasteiger partial charge in [0.15, 0.2) is 5.13 Å². The van der Waals surface area contributed by atoms with E-state index in [0.29, 0.717) is 11.5 Å². The summed E-state index contributed by atoms with van der Waals surface area (Å²) in [7, 11) is 0. The number of carbonyl (C=O) groups is 1. The molecule has 0 aliphatic carbocycles. The van der Waals surface area contributed by atoms with Crippen LogP contribution in [0, 0.1) is 6.92 Å². The lowest BCUT2D eigenvalue weighted by molar-refractivity contribution is -0.105. The molecule has 4 heteroatoms. The predicted octanol–water partition coefficient (Wildman–Crippen LogP) is 3.64. The molecule has 0 unspecified atom stereocenters. The van der Waals surface area contributed by atoms with Gasteiger partial charge in [0.1, 0.15) is 0 Å². The molecule has 0 atom stereocenters. The number of hydrogen-bond donors (Lipinski definition) is 1. The first-order valence-electron chi connectivity index (χ1n) is 6.01.